The van der Waals surface area contributed by atoms with E-state index in [0.717, 1.165) is 35.1 Å². The number of ketones is 1. The predicted molar refractivity (Wildman–Crippen MR) is 101 cm³/mol. The van der Waals surface area contributed by atoms with Crippen LogP contribution in [0.15, 0.2) is 24.4 Å². The number of aryl methyl sites for hydroxylation is 2. The van der Waals surface area contributed by atoms with Crippen molar-refractivity contribution in [1.82, 2.24) is 19.9 Å². The Morgan fingerprint density at radius 2 is 2.00 bits per heavy atom. The van der Waals surface area contributed by atoms with Gasteiger partial charge in [-0.25, -0.2) is 19.9 Å². The lowest BCUT2D eigenvalue weighted by Crippen LogP contribution is -2.20. The Labute approximate surface area is 152 Å². The quantitative estimate of drug-likeness (QED) is 0.776. The van der Waals surface area contributed by atoms with E-state index in [-0.39, 0.29) is 5.78 Å². The molecule has 6 heteroatoms. The molecule has 0 radical (unpaired) electrons. The highest BCUT2D eigenvalue weighted by atomic mass is 16.1. The molecule has 3 aromatic rings. The Bertz CT molecular complexity index is 1010. The van der Waals surface area contributed by atoms with Crippen molar-refractivity contribution in [3.05, 3.63) is 46.9 Å². The zero-order valence-electron chi connectivity index (χ0n) is 15.2. The largest absolute Gasteiger partial charge is 0.294 e. The van der Waals surface area contributed by atoms with Gasteiger partial charge in [0.1, 0.15) is 0 Å². The van der Waals surface area contributed by atoms with Crippen molar-refractivity contribution in [2.24, 2.45) is 5.92 Å². The number of nitrogens with one attached hydrogen (secondary N) is 1. The molecule has 1 aromatic carbocycles. The minimum absolute atomic E-state index is 0.120. The van der Waals surface area contributed by atoms with Crippen LogP contribution in [0.2, 0.25) is 0 Å². The summed E-state index contributed by atoms with van der Waals surface area (Å²) in [7, 11) is 0. The first-order valence-corrected chi connectivity index (χ1v) is 8.97. The van der Waals surface area contributed by atoms with Gasteiger partial charge < -0.3 is 0 Å². The average Bonchev–Trinajstić information content (AvgIpc) is 2.61. The van der Waals surface area contributed by atoms with E-state index in [1.807, 2.05) is 13.0 Å². The van der Waals surface area contributed by atoms with Gasteiger partial charge >= 0.3 is 0 Å². The number of carbonyl (C=O) groups is 1. The molecule has 0 amide bonds. The molecule has 0 bridgehead atoms. The molecule has 132 valence electrons. The van der Waals surface area contributed by atoms with Crippen LogP contribution in [0.3, 0.4) is 0 Å². The van der Waals surface area contributed by atoms with E-state index in [0.29, 0.717) is 29.8 Å². The Hall–Kier alpha value is -2.89. The average molecular weight is 347 g/mol. The standard InChI is InChI=1S/C20H21N5O/c1-4-13-5-6-16-14(9-13)12(3)22-20(23-16)25-19-21-10-15-17(24-19)7-11(2)8-18(15)26/h5-6,9-11H,4,7-8H2,1-3H3,(H,21,22,23,24,25)/t11-/m0/s1. The molecule has 26 heavy (non-hydrogen) atoms. The highest BCUT2D eigenvalue weighted by molar-refractivity contribution is 5.98. The summed E-state index contributed by atoms with van der Waals surface area (Å²) in [5.74, 6) is 1.32. The minimum Gasteiger partial charge on any atom is -0.294 e. The molecule has 0 unspecified atom stereocenters. The minimum atomic E-state index is 0.120. The number of nitrogens with zero attached hydrogens (tertiary/aromatic N) is 4. The van der Waals surface area contributed by atoms with Gasteiger partial charge in [-0.05, 0) is 43.4 Å². The van der Waals surface area contributed by atoms with Crippen LogP contribution in [-0.4, -0.2) is 25.7 Å². The first-order valence-electron chi connectivity index (χ1n) is 8.97. The molecule has 6 nitrogen and oxygen atoms in total. The summed E-state index contributed by atoms with van der Waals surface area (Å²) >= 11 is 0. The van der Waals surface area contributed by atoms with E-state index in [4.69, 9.17) is 0 Å². The molecule has 1 aliphatic carbocycles. The van der Waals surface area contributed by atoms with Crippen LogP contribution in [0.25, 0.3) is 10.9 Å². The molecular formula is C20H21N5O. The summed E-state index contributed by atoms with van der Waals surface area (Å²) in [5.41, 5.74) is 4.50. The lowest BCUT2D eigenvalue weighted by Gasteiger charge is -2.19. The first-order chi connectivity index (χ1) is 12.5. The Morgan fingerprint density at radius 1 is 1.15 bits per heavy atom. The summed E-state index contributed by atoms with van der Waals surface area (Å²) in [6, 6.07) is 6.24. The van der Waals surface area contributed by atoms with Crippen LogP contribution in [0.5, 0.6) is 0 Å². The summed E-state index contributed by atoms with van der Waals surface area (Å²) in [6.07, 6.45) is 3.95. The number of anilines is 2. The fourth-order valence-corrected chi connectivity index (χ4v) is 3.40. The third kappa shape index (κ3) is 3.03. The number of hydrogen-bond acceptors (Lipinski definition) is 6. The van der Waals surface area contributed by atoms with Gasteiger partial charge in [-0.15, -0.1) is 0 Å². The second-order valence-corrected chi connectivity index (χ2v) is 6.95. The number of rotatable bonds is 3. The summed E-state index contributed by atoms with van der Waals surface area (Å²) < 4.78 is 0. The maximum absolute atomic E-state index is 12.1. The number of benzene rings is 1. The van der Waals surface area contributed by atoms with E-state index in [1.54, 1.807) is 6.20 Å². The van der Waals surface area contributed by atoms with Crippen LogP contribution in [0.1, 0.15) is 47.6 Å². The maximum Gasteiger partial charge on any atom is 0.230 e. The van der Waals surface area contributed by atoms with Gasteiger partial charge in [0, 0.05) is 18.0 Å². The smallest absolute Gasteiger partial charge is 0.230 e. The lowest BCUT2D eigenvalue weighted by atomic mass is 9.88. The van der Waals surface area contributed by atoms with Crippen LogP contribution in [0.4, 0.5) is 11.9 Å². The zero-order chi connectivity index (χ0) is 18.3. The second-order valence-electron chi connectivity index (χ2n) is 6.95. The summed E-state index contributed by atoms with van der Waals surface area (Å²) in [6.45, 7) is 6.17. The third-order valence-electron chi connectivity index (χ3n) is 4.83. The number of hydrogen-bond donors (Lipinski definition) is 1. The van der Waals surface area contributed by atoms with Gasteiger partial charge in [0.05, 0.1) is 22.5 Å². The maximum atomic E-state index is 12.1. The Balaban J connectivity index is 1.67. The fraction of sp³-hybridized carbons (Fsp3) is 0.350. The molecule has 2 aromatic heterocycles. The van der Waals surface area contributed by atoms with Gasteiger partial charge in [-0.3, -0.25) is 10.1 Å². The van der Waals surface area contributed by atoms with Crippen molar-refractivity contribution in [1.29, 1.82) is 0 Å². The Morgan fingerprint density at radius 3 is 2.81 bits per heavy atom. The highest BCUT2D eigenvalue weighted by Crippen LogP contribution is 2.25. The van der Waals surface area contributed by atoms with Crippen molar-refractivity contribution < 1.29 is 4.79 Å². The normalized spacial score (nSPS) is 16.6. The lowest BCUT2D eigenvalue weighted by molar-refractivity contribution is 0.0951. The van der Waals surface area contributed by atoms with Crippen molar-refractivity contribution in [3.8, 4) is 0 Å². The zero-order valence-corrected chi connectivity index (χ0v) is 15.2. The topological polar surface area (TPSA) is 80.7 Å². The highest BCUT2D eigenvalue weighted by Gasteiger charge is 2.24. The van der Waals surface area contributed by atoms with Gasteiger partial charge in [0.2, 0.25) is 11.9 Å². The number of carbonyl (C=O) groups excluding carboxylic acids is 1. The molecule has 1 atom stereocenters. The number of Topliss-reactive ketones (excluding diaryl/α,β-unsaturated/α-hetero) is 1. The first kappa shape index (κ1) is 16.6. The van der Waals surface area contributed by atoms with E-state index >= 15 is 0 Å². The molecule has 0 saturated heterocycles. The fourth-order valence-electron chi connectivity index (χ4n) is 3.40. The van der Waals surface area contributed by atoms with Gasteiger partial charge in [0.15, 0.2) is 5.78 Å². The van der Waals surface area contributed by atoms with Crippen LogP contribution >= 0.6 is 0 Å². The molecule has 0 spiro atoms. The van der Waals surface area contributed by atoms with Crippen molar-refractivity contribution in [3.63, 3.8) is 0 Å². The van der Waals surface area contributed by atoms with Gasteiger partial charge in [-0.2, -0.15) is 0 Å². The van der Waals surface area contributed by atoms with Crippen molar-refractivity contribution in [2.45, 2.75) is 40.0 Å². The van der Waals surface area contributed by atoms with Gasteiger partial charge in [-0.1, -0.05) is 19.9 Å². The molecule has 2 heterocycles. The Kier molecular flexibility index (Phi) is 4.11. The summed E-state index contributed by atoms with van der Waals surface area (Å²) in [5, 5.41) is 4.15. The molecular weight excluding hydrogens is 326 g/mol. The third-order valence-corrected chi connectivity index (χ3v) is 4.83. The van der Waals surface area contributed by atoms with Crippen LogP contribution < -0.4 is 5.32 Å². The molecule has 0 saturated carbocycles. The molecule has 1 aliphatic rings. The number of fused-ring (bicyclic) bond motifs is 2. The van der Waals surface area contributed by atoms with E-state index < -0.39 is 0 Å². The van der Waals surface area contributed by atoms with Crippen molar-refractivity contribution >= 4 is 28.6 Å². The molecule has 1 N–H and O–H groups in total. The van der Waals surface area contributed by atoms with Gasteiger partial charge in [0.25, 0.3) is 0 Å². The SMILES string of the molecule is CCc1ccc2nc(Nc3ncc4c(n3)C[C@H](C)CC4=O)nc(C)c2c1. The second kappa shape index (κ2) is 6.44. The van der Waals surface area contributed by atoms with E-state index in [1.165, 1.54) is 5.56 Å². The monoisotopic (exact) mass is 347 g/mol. The van der Waals surface area contributed by atoms with Crippen LogP contribution in [0, 0.1) is 12.8 Å². The van der Waals surface area contributed by atoms with E-state index in [2.05, 4.69) is 51.2 Å². The molecule has 0 fully saturated rings. The predicted octanol–water partition coefficient (Wildman–Crippen LogP) is 3.80. The van der Waals surface area contributed by atoms with Crippen molar-refractivity contribution in [2.75, 3.05) is 5.32 Å². The van der Waals surface area contributed by atoms with E-state index in [9.17, 15) is 4.79 Å². The molecule has 4 rings (SSSR count). The summed E-state index contributed by atoms with van der Waals surface area (Å²) in [4.78, 5) is 30.0. The van der Waals surface area contributed by atoms with Crippen LogP contribution in [-0.2, 0) is 12.8 Å². The molecule has 0 aliphatic heterocycles. The number of aromatic nitrogens is 4.